The Morgan fingerprint density at radius 3 is 2.88 bits per heavy atom. The van der Waals surface area contributed by atoms with Crippen LogP contribution in [0.15, 0.2) is 17.1 Å². The van der Waals surface area contributed by atoms with Gasteiger partial charge < -0.3 is 26.2 Å². The van der Waals surface area contributed by atoms with Crippen molar-refractivity contribution in [2.24, 2.45) is 0 Å². The third-order valence-electron chi connectivity index (χ3n) is 2.55. The molecule has 8 nitrogen and oxygen atoms in total. The molecule has 3 atom stereocenters. The molecule has 0 aliphatic carbocycles. The first-order valence-corrected chi connectivity index (χ1v) is 4.91. The molecule has 1 aliphatic heterocycles. The van der Waals surface area contributed by atoms with E-state index in [1.807, 2.05) is 0 Å². The van der Waals surface area contributed by atoms with Crippen molar-refractivity contribution in [3.05, 3.63) is 22.7 Å². The van der Waals surface area contributed by atoms with E-state index in [-0.39, 0.29) is 24.3 Å². The highest BCUT2D eigenvalue weighted by Crippen LogP contribution is 2.27. The molecule has 0 unspecified atom stereocenters. The lowest BCUT2D eigenvalue weighted by atomic mass is 10.2. The summed E-state index contributed by atoms with van der Waals surface area (Å²) in [5, 5.41) is 18.4. The molecule has 2 rings (SSSR count). The molecular weight excluding hydrogens is 230 g/mol. The maximum Gasteiger partial charge on any atom is 0.351 e. The molecule has 1 aromatic heterocycles. The van der Waals surface area contributed by atoms with Crippen molar-refractivity contribution in [1.82, 2.24) is 9.55 Å². The fourth-order valence-electron chi connectivity index (χ4n) is 1.70. The van der Waals surface area contributed by atoms with Crippen molar-refractivity contribution in [1.29, 1.82) is 0 Å². The largest absolute Gasteiger partial charge is 0.412 e. The molecule has 0 amide bonds. The van der Waals surface area contributed by atoms with Crippen LogP contribution in [-0.2, 0) is 4.74 Å². The van der Waals surface area contributed by atoms with Crippen molar-refractivity contribution >= 4 is 5.82 Å². The molecule has 1 aromatic rings. The van der Waals surface area contributed by atoms with Gasteiger partial charge in [-0.25, -0.2) is 4.79 Å². The number of nitrogens with two attached hydrogens (primary N) is 1. The van der Waals surface area contributed by atoms with Crippen LogP contribution >= 0.6 is 0 Å². The average Bonchev–Trinajstić information content (AvgIpc) is 2.59. The molecule has 0 spiro atoms. The van der Waals surface area contributed by atoms with Crippen molar-refractivity contribution in [3.8, 4) is 0 Å². The minimum absolute atomic E-state index is 0. The summed E-state index contributed by atoms with van der Waals surface area (Å²) in [4.78, 5) is 15.0. The lowest BCUT2D eigenvalue weighted by molar-refractivity contribution is -0.0458. The summed E-state index contributed by atoms with van der Waals surface area (Å²) in [6.45, 7) is -0.283. The van der Waals surface area contributed by atoms with E-state index in [0.29, 0.717) is 0 Å². The first-order valence-electron chi connectivity index (χ1n) is 4.91. The van der Waals surface area contributed by atoms with Crippen LogP contribution in [0.2, 0.25) is 0 Å². The standard InChI is InChI=1S/C9H13N3O4.H2O/c10-7-1-2-12(9(15)11-7)8-3-5(14)6(4-13)16-8;/h1-2,5-6,8,13-14H,3-4H2,(H2,10,11,15);1H2/t5-,6-,8-;/m1./s1. The SMILES string of the molecule is Nc1ccn([C@H]2C[C@@H](O)[C@@H](CO)O2)c(=O)n1.O. The summed E-state index contributed by atoms with van der Waals surface area (Å²) < 4.78 is 6.56. The van der Waals surface area contributed by atoms with Crippen molar-refractivity contribution in [3.63, 3.8) is 0 Å². The van der Waals surface area contributed by atoms with E-state index >= 15 is 0 Å². The molecule has 0 saturated carbocycles. The maximum absolute atomic E-state index is 11.5. The van der Waals surface area contributed by atoms with E-state index in [9.17, 15) is 9.90 Å². The summed E-state index contributed by atoms with van der Waals surface area (Å²) >= 11 is 0. The third kappa shape index (κ3) is 2.61. The van der Waals surface area contributed by atoms with Gasteiger partial charge in [0.05, 0.1) is 12.7 Å². The van der Waals surface area contributed by atoms with Crippen LogP contribution in [0, 0.1) is 0 Å². The van der Waals surface area contributed by atoms with Gasteiger partial charge in [-0.3, -0.25) is 4.57 Å². The molecule has 0 bridgehead atoms. The minimum Gasteiger partial charge on any atom is -0.412 e. The van der Waals surface area contributed by atoms with E-state index in [1.165, 1.54) is 16.8 Å². The monoisotopic (exact) mass is 245 g/mol. The topological polar surface area (TPSA) is 142 Å². The molecule has 6 N–H and O–H groups in total. The number of hydrogen-bond donors (Lipinski definition) is 3. The zero-order valence-corrected chi connectivity index (χ0v) is 8.98. The molecule has 0 radical (unpaired) electrons. The first-order chi connectivity index (χ1) is 7.61. The summed E-state index contributed by atoms with van der Waals surface area (Å²) in [6, 6.07) is 1.48. The average molecular weight is 245 g/mol. The second kappa shape index (κ2) is 5.23. The lowest BCUT2D eigenvalue weighted by Crippen LogP contribution is -2.27. The van der Waals surface area contributed by atoms with Gasteiger partial charge in [-0.2, -0.15) is 4.98 Å². The Kier molecular flexibility index (Phi) is 4.18. The lowest BCUT2D eigenvalue weighted by Gasteiger charge is -2.13. The number of nitrogen functional groups attached to an aromatic ring is 1. The highest BCUT2D eigenvalue weighted by Gasteiger charge is 2.34. The van der Waals surface area contributed by atoms with Gasteiger partial charge in [-0.1, -0.05) is 0 Å². The van der Waals surface area contributed by atoms with Crippen molar-refractivity contribution in [2.45, 2.75) is 24.9 Å². The number of rotatable bonds is 2. The van der Waals surface area contributed by atoms with Gasteiger partial charge >= 0.3 is 5.69 Å². The van der Waals surface area contributed by atoms with Crippen molar-refractivity contribution in [2.75, 3.05) is 12.3 Å². The van der Waals surface area contributed by atoms with Crippen LogP contribution in [0.25, 0.3) is 0 Å². The van der Waals surface area contributed by atoms with Crippen LogP contribution in [0.1, 0.15) is 12.6 Å². The number of ether oxygens (including phenoxy) is 1. The Labute approximate surface area is 96.6 Å². The smallest absolute Gasteiger partial charge is 0.351 e. The van der Waals surface area contributed by atoms with Gasteiger partial charge in [0, 0.05) is 12.6 Å². The first kappa shape index (κ1) is 13.6. The van der Waals surface area contributed by atoms with Gasteiger partial charge in [0.2, 0.25) is 0 Å². The predicted octanol–water partition coefficient (Wildman–Crippen LogP) is -2.36. The number of anilines is 1. The van der Waals surface area contributed by atoms with E-state index in [2.05, 4.69) is 4.98 Å². The van der Waals surface area contributed by atoms with E-state index < -0.39 is 24.1 Å². The fourth-order valence-corrected chi connectivity index (χ4v) is 1.70. The second-order valence-electron chi connectivity index (χ2n) is 3.66. The van der Waals surface area contributed by atoms with Gasteiger partial charge in [0.15, 0.2) is 0 Å². The van der Waals surface area contributed by atoms with Crippen molar-refractivity contribution < 1.29 is 20.4 Å². The quantitative estimate of drug-likeness (QED) is 0.532. The second-order valence-corrected chi connectivity index (χ2v) is 3.66. The highest BCUT2D eigenvalue weighted by molar-refractivity contribution is 5.23. The zero-order valence-electron chi connectivity index (χ0n) is 8.98. The zero-order chi connectivity index (χ0) is 11.7. The predicted molar refractivity (Wildman–Crippen MR) is 58.1 cm³/mol. The van der Waals surface area contributed by atoms with E-state index in [0.717, 1.165) is 0 Å². The summed E-state index contributed by atoms with van der Waals surface area (Å²) in [5.74, 6) is 0.138. The van der Waals surface area contributed by atoms with Crippen LogP contribution in [-0.4, -0.2) is 44.1 Å². The Morgan fingerprint density at radius 2 is 2.35 bits per heavy atom. The highest BCUT2D eigenvalue weighted by atomic mass is 16.5. The Balaban J connectivity index is 0.00000144. The van der Waals surface area contributed by atoms with Gasteiger partial charge in [-0.05, 0) is 6.07 Å². The fraction of sp³-hybridized carbons (Fsp3) is 0.556. The maximum atomic E-state index is 11.5. The number of nitrogens with zero attached hydrogens (tertiary/aromatic N) is 2. The van der Waals surface area contributed by atoms with Crippen LogP contribution in [0.5, 0.6) is 0 Å². The summed E-state index contributed by atoms with van der Waals surface area (Å²) in [5.41, 5.74) is 4.82. The normalized spacial score (nSPS) is 27.8. The van der Waals surface area contributed by atoms with Crippen LogP contribution in [0.4, 0.5) is 5.82 Å². The Bertz CT molecular complexity index is 435. The van der Waals surface area contributed by atoms with Gasteiger partial charge in [-0.15, -0.1) is 0 Å². The molecule has 1 saturated heterocycles. The Morgan fingerprint density at radius 1 is 1.65 bits per heavy atom. The Hall–Kier alpha value is -1.48. The molecule has 1 fully saturated rings. The molecule has 8 heteroatoms. The van der Waals surface area contributed by atoms with Crippen LogP contribution in [0.3, 0.4) is 0 Å². The van der Waals surface area contributed by atoms with Crippen LogP contribution < -0.4 is 11.4 Å². The minimum atomic E-state index is -0.778. The van der Waals surface area contributed by atoms with Gasteiger partial charge in [0.25, 0.3) is 0 Å². The number of aliphatic hydroxyl groups is 2. The molecule has 0 aromatic carbocycles. The van der Waals surface area contributed by atoms with E-state index in [1.54, 1.807) is 0 Å². The molecule has 2 heterocycles. The molecule has 96 valence electrons. The van der Waals surface area contributed by atoms with E-state index in [4.69, 9.17) is 15.6 Å². The number of aliphatic hydroxyl groups excluding tert-OH is 2. The van der Waals surface area contributed by atoms with Gasteiger partial charge in [0.1, 0.15) is 18.1 Å². The summed E-state index contributed by atoms with van der Waals surface area (Å²) in [7, 11) is 0. The third-order valence-corrected chi connectivity index (χ3v) is 2.55. The molecular formula is C9H15N3O5. The summed E-state index contributed by atoms with van der Waals surface area (Å²) in [6.07, 6.45) is -0.333. The molecule has 1 aliphatic rings. The number of hydrogen-bond acceptors (Lipinski definition) is 6. The molecule has 17 heavy (non-hydrogen) atoms. The number of aromatic nitrogens is 2.